The summed E-state index contributed by atoms with van der Waals surface area (Å²) in [4.78, 5) is 2.38. The first kappa shape index (κ1) is 14.4. The summed E-state index contributed by atoms with van der Waals surface area (Å²) in [7, 11) is 0. The van der Waals surface area contributed by atoms with Crippen LogP contribution in [0.1, 0.15) is 51.2 Å². The van der Waals surface area contributed by atoms with Gasteiger partial charge in [-0.1, -0.05) is 45.9 Å². The lowest BCUT2D eigenvalue weighted by atomic mass is 9.79. The highest BCUT2D eigenvalue weighted by atomic mass is 16.3. The summed E-state index contributed by atoms with van der Waals surface area (Å²) in [6.07, 6.45) is 0.793. The van der Waals surface area contributed by atoms with E-state index in [2.05, 4.69) is 57.7 Å². The third kappa shape index (κ3) is 2.79. The Kier molecular flexibility index (Phi) is 3.91. The van der Waals surface area contributed by atoms with Gasteiger partial charge in [-0.3, -0.25) is 0 Å². The van der Waals surface area contributed by atoms with E-state index in [1.165, 1.54) is 16.8 Å². The highest BCUT2D eigenvalue weighted by molar-refractivity contribution is 5.61. The Morgan fingerprint density at radius 3 is 2.58 bits per heavy atom. The summed E-state index contributed by atoms with van der Waals surface area (Å²) < 4.78 is 0. The lowest BCUT2D eigenvalue weighted by Crippen LogP contribution is -2.48. The zero-order valence-corrected chi connectivity index (χ0v) is 12.9. The van der Waals surface area contributed by atoms with Crippen LogP contribution in [-0.4, -0.2) is 24.3 Å². The topological polar surface area (TPSA) is 23.5 Å². The van der Waals surface area contributed by atoms with Gasteiger partial charge in [-0.15, -0.1) is 0 Å². The van der Waals surface area contributed by atoms with Gasteiger partial charge in [-0.25, -0.2) is 0 Å². The maximum Gasteiger partial charge on any atom is 0.0766 e. The van der Waals surface area contributed by atoms with Crippen LogP contribution in [0, 0.1) is 12.3 Å². The molecule has 0 aliphatic carbocycles. The number of benzene rings is 1. The molecule has 1 aliphatic heterocycles. The number of aryl methyl sites for hydroxylation is 1. The van der Waals surface area contributed by atoms with Crippen molar-refractivity contribution in [2.24, 2.45) is 5.41 Å². The van der Waals surface area contributed by atoms with E-state index in [0.717, 1.165) is 19.5 Å². The molecule has 1 unspecified atom stereocenters. The number of β-amino-alcohol motifs (C(OH)–C–C–N with tert-alkyl or cyclic N) is 1. The molecule has 0 radical (unpaired) electrons. The first-order chi connectivity index (χ1) is 8.83. The predicted molar refractivity (Wildman–Crippen MR) is 81.9 cm³/mol. The molecule has 0 spiro atoms. The molecule has 106 valence electrons. The molecule has 1 aromatic rings. The van der Waals surface area contributed by atoms with Crippen LogP contribution in [0.25, 0.3) is 0 Å². The average molecular weight is 261 g/mol. The van der Waals surface area contributed by atoms with Crippen LogP contribution in [-0.2, 0) is 0 Å². The van der Waals surface area contributed by atoms with Crippen molar-refractivity contribution in [2.75, 3.05) is 18.0 Å². The quantitative estimate of drug-likeness (QED) is 0.877. The Bertz CT molecular complexity index is 451. The van der Waals surface area contributed by atoms with Gasteiger partial charge in [0.2, 0.25) is 0 Å². The fourth-order valence-electron chi connectivity index (χ4n) is 2.92. The molecule has 19 heavy (non-hydrogen) atoms. The largest absolute Gasteiger partial charge is 0.391 e. The number of anilines is 1. The SMILES string of the molecule is Cc1cccc(C(C)C)c1N1CCC(C)(C)C(O)C1. The molecular formula is C17H27NO. The highest BCUT2D eigenvalue weighted by Gasteiger charge is 2.35. The minimum absolute atomic E-state index is 0.0389. The number of rotatable bonds is 2. The van der Waals surface area contributed by atoms with Crippen molar-refractivity contribution in [3.8, 4) is 0 Å². The first-order valence-electron chi connectivity index (χ1n) is 7.35. The van der Waals surface area contributed by atoms with Gasteiger partial charge in [0.25, 0.3) is 0 Å². The molecular weight excluding hydrogens is 234 g/mol. The fourth-order valence-corrected chi connectivity index (χ4v) is 2.92. The van der Waals surface area contributed by atoms with Gasteiger partial charge in [-0.05, 0) is 35.8 Å². The second kappa shape index (κ2) is 5.16. The van der Waals surface area contributed by atoms with Gasteiger partial charge >= 0.3 is 0 Å². The maximum atomic E-state index is 10.3. The molecule has 1 fully saturated rings. The normalized spacial score (nSPS) is 22.9. The summed E-state index contributed by atoms with van der Waals surface area (Å²) >= 11 is 0. The third-order valence-electron chi connectivity index (χ3n) is 4.53. The van der Waals surface area contributed by atoms with Crippen LogP contribution in [0.4, 0.5) is 5.69 Å². The number of aliphatic hydroxyl groups is 1. The van der Waals surface area contributed by atoms with Crippen molar-refractivity contribution in [1.82, 2.24) is 0 Å². The zero-order valence-electron chi connectivity index (χ0n) is 12.9. The number of para-hydroxylation sites is 1. The first-order valence-corrected chi connectivity index (χ1v) is 7.35. The highest BCUT2D eigenvalue weighted by Crippen LogP contribution is 2.37. The van der Waals surface area contributed by atoms with E-state index in [1.807, 2.05) is 0 Å². The standard InChI is InChI=1S/C17H27NO/c1-12(2)14-8-6-7-13(3)16(14)18-10-9-17(4,5)15(19)11-18/h6-8,12,15,19H,9-11H2,1-5H3. The Balaban J connectivity index is 2.33. The summed E-state index contributed by atoms with van der Waals surface area (Å²) in [6.45, 7) is 12.8. The fraction of sp³-hybridized carbons (Fsp3) is 0.647. The summed E-state index contributed by atoms with van der Waals surface area (Å²) in [6, 6.07) is 6.53. The molecule has 1 aromatic carbocycles. The molecule has 1 saturated heterocycles. The van der Waals surface area contributed by atoms with E-state index in [0.29, 0.717) is 5.92 Å². The van der Waals surface area contributed by atoms with E-state index in [-0.39, 0.29) is 11.5 Å². The molecule has 2 heteroatoms. The molecule has 1 aliphatic rings. The molecule has 0 saturated carbocycles. The zero-order chi connectivity index (χ0) is 14.2. The number of aliphatic hydroxyl groups excluding tert-OH is 1. The lowest BCUT2D eigenvalue weighted by Gasteiger charge is -2.43. The number of nitrogens with zero attached hydrogens (tertiary/aromatic N) is 1. The van der Waals surface area contributed by atoms with Crippen molar-refractivity contribution in [3.63, 3.8) is 0 Å². The van der Waals surface area contributed by atoms with Crippen LogP contribution < -0.4 is 4.90 Å². The Labute approximate surface area is 117 Å². The van der Waals surface area contributed by atoms with Crippen molar-refractivity contribution in [1.29, 1.82) is 0 Å². The van der Waals surface area contributed by atoms with Crippen molar-refractivity contribution >= 4 is 5.69 Å². The van der Waals surface area contributed by atoms with Gasteiger partial charge in [-0.2, -0.15) is 0 Å². The van der Waals surface area contributed by atoms with Gasteiger partial charge in [0.05, 0.1) is 6.10 Å². The number of hydrogen-bond acceptors (Lipinski definition) is 2. The van der Waals surface area contributed by atoms with E-state index < -0.39 is 0 Å². The van der Waals surface area contributed by atoms with Gasteiger partial charge < -0.3 is 10.0 Å². The summed E-state index contributed by atoms with van der Waals surface area (Å²) in [5, 5.41) is 10.3. The second-order valence-electron chi connectivity index (χ2n) is 6.87. The smallest absolute Gasteiger partial charge is 0.0766 e. The molecule has 0 amide bonds. The summed E-state index contributed by atoms with van der Waals surface area (Å²) in [5.74, 6) is 0.516. The van der Waals surface area contributed by atoms with E-state index in [1.54, 1.807) is 0 Å². The van der Waals surface area contributed by atoms with Crippen LogP contribution in [0.3, 0.4) is 0 Å². The lowest BCUT2D eigenvalue weighted by molar-refractivity contribution is 0.0350. The Hall–Kier alpha value is -1.02. The third-order valence-corrected chi connectivity index (χ3v) is 4.53. The van der Waals surface area contributed by atoms with E-state index >= 15 is 0 Å². The van der Waals surface area contributed by atoms with Crippen LogP contribution in [0.15, 0.2) is 18.2 Å². The van der Waals surface area contributed by atoms with Crippen molar-refractivity contribution < 1.29 is 5.11 Å². The molecule has 0 bridgehead atoms. The molecule has 1 N–H and O–H groups in total. The van der Waals surface area contributed by atoms with Crippen LogP contribution in [0.2, 0.25) is 0 Å². The van der Waals surface area contributed by atoms with Gasteiger partial charge in [0, 0.05) is 18.8 Å². The minimum Gasteiger partial charge on any atom is -0.391 e. The van der Waals surface area contributed by atoms with Crippen LogP contribution >= 0.6 is 0 Å². The molecule has 1 heterocycles. The van der Waals surface area contributed by atoms with E-state index in [4.69, 9.17) is 0 Å². The maximum absolute atomic E-state index is 10.3. The molecule has 1 atom stereocenters. The Morgan fingerprint density at radius 2 is 2.00 bits per heavy atom. The molecule has 2 rings (SSSR count). The molecule has 0 aromatic heterocycles. The second-order valence-corrected chi connectivity index (χ2v) is 6.87. The monoisotopic (exact) mass is 261 g/mol. The predicted octanol–water partition coefficient (Wildman–Crippen LogP) is 3.72. The minimum atomic E-state index is -0.249. The average Bonchev–Trinajstić information content (AvgIpc) is 2.32. The number of piperidine rings is 1. The Morgan fingerprint density at radius 1 is 1.32 bits per heavy atom. The van der Waals surface area contributed by atoms with Crippen molar-refractivity contribution in [3.05, 3.63) is 29.3 Å². The van der Waals surface area contributed by atoms with Gasteiger partial charge in [0.15, 0.2) is 0 Å². The number of hydrogen-bond donors (Lipinski definition) is 1. The van der Waals surface area contributed by atoms with Crippen LogP contribution in [0.5, 0.6) is 0 Å². The van der Waals surface area contributed by atoms with E-state index in [9.17, 15) is 5.11 Å². The van der Waals surface area contributed by atoms with Crippen molar-refractivity contribution in [2.45, 2.75) is 53.1 Å². The van der Waals surface area contributed by atoms with Gasteiger partial charge in [0.1, 0.15) is 0 Å². The molecule has 2 nitrogen and oxygen atoms in total. The summed E-state index contributed by atoms with van der Waals surface area (Å²) in [5.41, 5.74) is 4.09.